The van der Waals surface area contributed by atoms with Gasteiger partial charge < -0.3 is 4.90 Å². The van der Waals surface area contributed by atoms with Gasteiger partial charge in [-0.25, -0.2) is 14.4 Å². The summed E-state index contributed by atoms with van der Waals surface area (Å²) in [5.74, 6) is 0.380. The number of hydrogen-bond acceptors (Lipinski definition) is 5. The van der Waals surface area contributed by atoms with Gasteiger partial charge >= 0.3 is 0 Å². The summed E-state index contributed by atoms with van der Waals surface area (Å²) in [7, 11) is 0. The Morgan fingerprint density at radius 2 is 1.89 bits per heavy atom. The molecule has 8 heteroatoms. The zero-order chi connectivity index (χ0) is 25.0. The minimum absolute atomic E-state index is 0.137. The van der Waals surface area contributed by atoms with Gasteiger partial charge in [-0.2, -0.15) is 0 Å². The molecule has 2 aromatic carbocycles. The largest absolute Gasteiger partial charge is 0.342 e. The first-order valence-corrected chi connectivity index (χ1v) is 12.5. The van der Waals surface area contributed by atoms with Crippen molar-refractivity contribution in [2.75, 3.05) is 19.6 Å². The van der Waals surface area contributed by atoms with Crippen LogP contribution in [0.4, 0.5) is 4.39 Å². The lowest BCUT2D eigenvalue weighted by Gasteiger charge is -2.25. The summed E-state index contributed by atoms with van der Waals surface area (Å²) < 4.78 is 15.5. The Kier molecular flexibility index (Phi) is 5.35. The molecule has 0 unspecified atom stereocenters. The maximum absolute atomic E-state index is 15.5. The van der Waals surface area contributed by atoms with Crippen LogP contribution in [-0.2, 0) is 9.59 Å². The molecule has 1 aliphatic carbocycles. The molecule has 184 valence electrons. The lowest BCUT2D eigenvalue weighted by Crippen LogP contribution is -2.43. The summed E-state index contributed by atoms with van der Waals surface area (Å²) in [5, 5.41) is 0.916. The Balaban J connectivity index is 1.26. The molecule has 3 heterocycles. The second kappa shape index (κ2) is 8.47. The maximum Gasteiger partial charge on any atom is 0.255 e. The molecule has 3 aromatic rings. The Bertz CT molecular complexity index is 1410. The highest BCUT2D eigenvalue weighted by Crippen LogP contribution is 2.34. The summed E-state index contributed by atoms with van der Waals surface area (Å²) >= 11 is 0. The van der Waals surface area contributed by atoms with Crippen molar-refractivity contribution in [3.05, 3.63) is 60.3 Å². The summed E-state index contributed by atoms with van der Waals surface area (Å²) in [5.41, 5.74) is 1.71. The third kappa shape index (κ3) is 4.04. The molecule has 0 bridgehead atoms. The maximum atomic E-state index is 15.5. The van der Waals surface area contributed by atoms with E-state index in [-0.39, 0.29) is 23.7 Å². The van der Waals surface area contributed by atoms with Gasteiger partial charge in [-0.3, -0.25) is 19.5 Å². The molecule has 3 aliphatic rings. The smallest absolute Gasteiger partial charge is 0.255 e. The predicted octanol–water partition coefficient (Wildman–Crippen LogP) is 4.06. The quantitative estimate of drug-likeness (QED) is 0.546. The molecule has 1 saturated carbocycles. The van der Waals surface area contributed by atoms with Crippen LogP contribution < -0.4 is 0 Å². The number of carbonyl (C=O) groups is 2. The number of hydrogen-bond donors (Lipinski definition) is 0. The van der Waals surface area contributed by atoms with Crippen molar-refractivity contribution in [1.82, 2.24) is 19.8 Å². The van der Waals surface area contributed by atoms with Crippen molar-refractivity contribution < 1.29 is 14.0 Å². The molecule has 1 saturated heterocycles. The SMILES string of the molecule is CC1(C)N=C(c2ccc(-c3ccc4cncnc4c3)cc2F)N(C[C@@H]2CCN(C(=O)C3CC3)C2)C1=O. The molecule has 1 aromatic heterocycles. The van der Waals surface area contributed by atoms with Gasteiger partial charge in [0.25, 0.3) is 5.91 Å². The van der Waals surface area contributed by atoms with E-state index in [0.717, 1.165) is 47.8 Å². The van der Waals surface area contributed by atoms with E-state index < -0.39 is 11.4 Å². The summed E-state index contributed by atoms with van der Waals surface area (Å²) in [4.78, 5) is 42.2. The first-order chi connectivity index (χ1) is 17.3. The number of aromatic nitrogens is 2. The van der Waals surface area contributed by atoms with Crippen molar-refractivity contribution in [2.24, 2.45) is 16.8 Å². The van der Waals surface area contributed by atoms with Crippen LogP contribution in [0, 0.1) is 17.7 Å². The highest BCUT2D eigenvalue weighted by Gasteiger charge is 2.44. The van der Waals surface area contributed by atoms with Crippen LogP contribution in [0.15, 0.2) is 53.9 Å². The van der Waals surface area contributed by atoms with E-state index in [0.29, 0.717) is 24.5 Å². The van der Waals surface area contributed by atoms with Crippen molar-refractivity contribution in [2.45, 2.75) is 38.6 Å². The van der Waals surface area contributed by atoms with E-state index in [2.05, 4.69) is 15.0 Å². The molecular formula is C28H28FN5O2. The first-order valence-electron chi connectivity index (χ1n) is 12.5. The zero-order valence-electron chi connectivity index (χ0n) is 20.4. The van der Waals surface area contributed by atoms with E-state index in [9.17, 15) is 9.59 Å². The van der Waals surface area contributed by atoms with Crippen molar-refractivity contribution in [3.8, 4) is 11.1 Å². The van der Waals surface area contributed by atoms with Crippen molar-refractivity contribution >= 4 is 28.6 Å². The molecule has 2 fully saturated rings. The standard InChI is InChI=1S/C28H28FN5O2/c1-28(2)27(36)34(15-17-9-10-33(14-17)26(35)18-3-4-18)25(32-28)22-8-7-19(11-23(22)29)20-5-6-21-13-30-16-31-24(21)12-20/h5-8,11-13,16-18H,3-4,9-10,14-15H2,1-2H3/t17-/m1/s1. The van der Waals surface area contributed by atoms with Gasteiger partial charge in [-0.1, -0.05) is 18.2 Å². The minimum Gasteiger partial charge on any atom is -0.342 e. The topological polar surface area (TPSA) is 78.8 Å². The number of rotatable bonds is 5. The second-order valence-electron chi connectivity index (χ2n) is 10.6. The number of halogens is 1. The normalized spacial score (nSPS) is 21.4. The molecule has 1 atom stereocenters. The summed E-state index contributed by atoms with van der Waals surface area (Å²) in [6.45, 7) is 5.31. The van der Waals surface area contributed by atoms with Gasteiger partial charge in [0.05, 0.1) is 11.1 Å². The molecule has 36 heavy (non-hydrogen) atoms. The fraction of sp³-hybridized carbons (Fsp3) is 0.393. The lowest BCUT2D eigenvalue weighted by atomic mass is 10.0. The van der Waals surface area contributed by atoms with E-state index >= 15 is 4.39 Å². The summed E-state index contributed by atoms with van der Waals surface area (Å²) in [6.07, 6.45) is 6.04. The minimum atomic E-state index is -0.958. The summed E-state index contributed by atoms with van der Waals surface area (Å²) in [6, 6.07) is 10.8. The Morgan fingerprint density at radius 3 is 2.67 bits per heavy atom. The molecule has 2 amide bonds. The highest BCUT2D eigenvalue weighted by molar-refractivity contribution is 6.15. The fourth-order valence-electron chi connectivity index (χ4n) is 5.23. The lowest BCUT2D eigenvalue weighted by molar-refractivity contribution is -0.131. The Hall–Kier alpha value is -3.68. The van der Waals surface area contributed by atoms with Gasteiger partial charge in [-0.15, -0.1) is 0 Å². The van der Waals surface area contributed by atoms with Crippen molar-refractivity contribution in [1.29, 1.82) is 0 Å². The van der Waals surface area contributed by atoms with Crippen LogP contribution in [0.5, 0.6) is 0 Å². The Labute approximate surface area is 209 Å². The van der Waals surface area contributed by atoms with Crippen LogP contribution in [0.1, 0.15) is 38.7 Å². The van der Waals surface area contributed by atoms with Crippen LogP contribution in [-0.4, -0.2) is 62.6 Å². The van der Waals surface area contributed by atoms with Crippen LogP contribution in [0.3, 0.4) is 0 Å². The third-order valence-corrected chi connectivity index (χ3v) is 7.43. The van der Waals surface area contributed by atoms with Crippen molar-refractivity contribution in [3.63, 3.8) is 0 Å². The highest BCUT2D eigenvalue weighted by atomic mass is 19.1. The van der Waals surface area contributed by atoms with E-state index in [1.807, 2.05) is 29.2 Å². The molecule has 0 spiro atoms. The molecular weight excluding hydrogens is 457 g/mol. The van der Waals surface area contributed by atoms with Crippen LogP contribution >= 0.6 is 0 Å². The van der Waals surface area contributed by atoms with Gasteiger partial charge in [-0.05, 0) is 68.4 Å². The first kappa shape index (κ1) is 22.8. The van der Waals surface area contributed by atoms with Gasteiger partial charge in [0.2, 0.25) is 5.91 Å². The van der Waals surface area contributed by atoms with E-state index in [1.54, 1.807) is 31.0 Å². The molecule has 2 aliphatic heterocycles. The number of amides is 2. The van der Waals surface area contributed by atoms with Gasteiger partial charge in [0.1, 0.15) is 23.5 Å². The number of aliphatic imine (C=N–C) groups is 1. The van der Waals surface area contributed by atoms with E-state index in [4.69, 9.17) is 0 Å². The number of nitrogens with zero attached hydrogens (tertiary/aromatic N) is 5. The van der Waals surface area contributed by atoms with Crippen LogP contribution in [0.2, 0.25) is 0 Å². The fourth-order valence-corrected chi connectivity index (χ4v) is 5.23. The monoisotopic (exact) mass is 485 g/mol. The van der Waals surface area contributed by atoms with Crippen LogP contribution in [0.25, 0.3) is 22.0 Å². The number of fused-ring (bicyclic) bond motifs is 1. The number of amidine groups is 1. The number of carbonyl (C=O) groups excluding carboxylic acids is 2. The predicted molar refractivity (Wildman–Crippen MR) is 135 cm³/mol. The third-order valence-electron chi connectivity index (χ3n) is 7.43. The number of benzene rings is 2. The molecule has 0 N–H and O–H groups in total. The number of likely N-dealkylation sites (tertiary alicyclic amines) is 1. The Morgan fingerprint density at radius 1 is 1.11 bits per heavy atom. The van der Waals surface area contributed by atoms with E-state index in [1.165, 1.54) is 12.4 Å². The average molecular weight is 486 g/mol. The zero-order valence-corrected chi connectivity index (χ0v) is 20.4. The average Bonchev–Trinajstić information content (AvgIpc) is 3.58. The molecule has 7 nitrogen and oxygen atoms in total. The second-order valence-corrected chi connectivity index (χ2v) is 10.6. The van der Waals surface area contributed by atoms with Gasteiger partial charge in [0, 0.05) is 37.1 Å². The molecule has 0 radical (unpaired) electrons. The van der Waals surface area contributed by atoms with Gasteiger partial charge in [0.15, 0.2) is 0 Å². The molecule has 6 rings (SSSR count).